The van der Waals surface area contributed by atoms with E-state index in [1.807, 2.05) is 31.6 Å². The molecule has 0 fully saturated rings. The molecule has 0 aromatic carbocycles. The third-order valence-corrected chi connectivity index (χ3v) is 1.93. The molecule has 1 rings (SSSR count). The van der Waals surface area contributed by atoms with Gasteiger partial charge in [-0.2, -0.15) is 0 Å². The minimum absolute atomic E-state index is 0.0653. The Bertz CT molecular complexity index is 287. The molecule has 1 heterocycles. The average Bonchev–Trinajstić information content (AvgIpc) is 2.47. The van der Waals surface area contributed by atoms with Crippen molar-refractivity contribution in [2.45, 2.75) is 32.2 Å². The summed E-state index contributed by atoms with van der Waals surface area (Å²) in [5.74, 6) is 0. The van der Waals surface area contributed by atoms with Gasteiger partial charge in [0, 0.05) is 11.4 Å². The molecule has 2 nitrogen and oxygen atoms in total. The Morgan fingerprint density at radius 3 is 2.69 bits per heavy atom. The van der Waals surface area contributed by atoms with Crippen molar-refractivity contribution in [2.24, 2.45) is 0 Å². The molecular formula is C10H15ClN2. The zero-order valence-corrected chi connectivity index (χ0v) is 8.99. The molecule has 1 unspecified atom stereocenters. The second kappa shape index (κ2) is 4.47. The van der Waals surface area contributed by atoms with E-state index in [0.717, 1.165) is 5.69 Å². The molecule has 1 atom stereocenters. The summed E-state index contributed by atoms with van der Waals surface area (Å²) < 4.78 is 2.11. The SMILES string of the molecule is CC(Cl)/C=C/c1cncn1C(C)C. The first-order valence-corrected chi connectivity index (χ1v) is 4.89. The smallest absolute Gasteiger partial charge is 0.0953 e. The van der Waals surface area contributed by atoms with Crippen molar-refractivity contribution in [3.05, 3.63) is 24.3 Å². The van der Waals surface area contributed by atoms with Crippen molar-refractivity contribution in [3.8, 4) is 0 Å². The van der Waals surface area contributed by atoms with Gasteiger partial charge in [-0.15, -0.1) is 11.6 Å². The van der Waals surface area contributed by atoms with Crippen LogP contribution in [-0.2, 0) is 0 Å². The van der Waals surface area contributed by atoms with Gasteiger partial charge in [0.15, 0.2) is 0 Å². The molecule has 0 aliphatic rings. The van der Waals surface area contributed by atoms with Crippen LogP contribution in [0.3, 0.4) is 0 Å². The van der Waals surface area contributed by atoms with E-state index in [2.05, 4.69) is 23.4 Å². The highest BCUT2D eigenvalue weighted by Crippen LogP contribution is 2.11. The van der Waals surface area contributed by atoms with Crippen LogP contribution < -0.4 is 0 Å². The predicted octanol–water partition coefficient (Wildman–Crippen LogP) is 3.10. The molecular weight excluding hydrogens is 184 g/mol. The zero-order valence-electron chi connectivity index (χ0n) is 8.24. The van der Waals surface area contributed by atoms with Crippen molar-refractivity contribution >= 4 is 17.7 Å². The van der Waals surface area contributed by atoms with Crippen molar-refractivity contribution in [3.63, 3.8) is 0 Å². The van der Waals surface area contributed by atoms with E-state index < -0.39 is 0 Å². The van der Waals surface area contributed by atoms with E-state index in [9.17, 15) is 0 Å². The molecule has 0 N–H and O–H groups in total. The molecule has 0 saturated carbocycles. The Balaban J connectivity index is 2.82. The minimum Gasteiger partial charge on any atom is -0.329 e. The molecule has 0 radical (unpaired) electrons. The van der Waals surface area contributed by atoms with E-state index in [1.54, 1.807) is 0 Å². The van der Waals surface area contributed by atoms with Gasteiger partial charge >= 0.3 is 0 Å². The Morgan fingerprint density at radius 1 is 1.46 bits per heavy atom. The fourth-order valence-corrected chi connectivity index (χ4v) is 1.18. The first kappa shape index (κ1) is 10.3. The zero-order chi connectivity index (χ0) is 9.84. The molecule has 0 spiro atoms. The lowest BCUT2D eigenvalue weighted by atomic mass is 10.3. The highest BCUT2D eigenvalue weighted by atomic mass is 35.5. The molecule has 0 saturated heterocycles. The quantitative estimate of drug-likeness (QED) is 0.683. The lowest BCUT2D eigenvalue weighted by Gasteiger charge is -2.08. The maximum Gasteiger partial charge on any atom is 0.0953 e. The number of imidazole rings is 1. The monoisotopic (exact) mass is 198 g/mol. The molecule has 1 aromatic heterocycles. The summed E-state index contributed by atoms with van der Waals surface area (Å²) in [7, 11) is 0. The van der Waals surface area contributed by atoms with Crippen LogP contribution in [0.4, 0.5) is 0 Å². The topological polar surface area (TPSA) is 17.8 Å². The number of aromatic nitrogens is 2. The lowest BCUT2D eigenvalue weighted by Crippen LogP contribution is -2.00. The Morgan fingerprint density at radius 2 is 2.15 bits per heavy atom. The molecule has 0 aliphatic carbocycles. The van der Waals surface area contributed by atoms with Crippen LogP contribution in [-0.4, -0.2) is 14.9 Å². The number of nitrogens with zero attached hydrogens (tertiary/aromatic N) is 2. The summed E-state index contributed by atoms with van der Waals surface area (Å²) >= 11 is 5.81. The van der Waals surface area contributed by atoms with E-state index in [0.29, 0.717) is 6.04 Å². The third-order valence-electron chi connectivity index (χ3n) is 1.78. The number of halogens is 1. The summed E-state index contributed by atoms with van der Waals surface area (Å²) in [6.07, 6.45) is 7.64. The average molecular weight is 199 g/mol. The summed E-state index contributed by atoms with van der Waals surface area (Å²) in [5, 5.41) is 0.0653. The number of hydrogen-bond donors (Lipinski definition) is 0. The normalized spacial score (nSPS) is 14.2. The van der Waals surface area contributed by atoms with E-state index in [-0.39, 0.29) is 5.38 Å². The van der Waals surface area contributed by atoms with Gasteiger partial charge in [-0.3, -0.25) is 0 Å². The lowest BCUT2D eigenvalue weighted by molar-refractivity contribution is 0.595. The number of rotatable bonds is 3. The second-order valence-corrected chi connectivity index (χ2v) is 4.04. The van der Waals surface area contributed by atoms with Gasteiger partial charge in [0.25, 0.3) is 0 Å². The van der Waals surface area contributed by atoms with E-state index in [1.165, 1.54) is 0 Å². The summed E-state index contributed by atoms with van der Waals surface area (Å²) in [6, 6.07) is 0.438. The van der Waals surface area contributed by atoms with Gasteiger partial charge in [0.1, 0.15) is 0 Å². The first-order chi connectivity index (χ1) is 6.11. The van der Waals surface area contributed by atoms with Gasteiger partial charge in [-0.1, -0.05) is 6.08 Å². The Labute approximate surface area is 84.2 Å². The fraction of sp³-hybridized carbons (Fsp3) is 0.500. The van der Waals surface area contributed by atoms with Crippen LogP contribution >= 0.6 is 11.6 Å². The maximum absolute atomic E-state index is 5.81. The van der Waals surface area contributed by atoms with E-state index in [4.69, 9.17) is 11.6 Å². The third kappa shape index (κ3) is 2.88. The van der Waals surface area contributed by atoms with Crippen LogP contribution in [0.25, 0.3) is 6.08 Å². The van der Waals surface area contributed by atoms with Crippen molar-refractivity contribution in [1.82, 2.24) is 9.55 Å². The molecule has 1 aromatic rings. The van der Waals surface area contributed by atoms with E-state index >= 15 is 0 Å². The van der Waals surface area contributed by atoms with Gasteiger partial charge in [0.2, 0.25) is 0 Å². The Kier molecular flexibility index (Phi) is 3.55. The summed E-state index contributed by atoms with van der Waals surface area (Å²) in [6.45, 7) is 6.19. The maximum atomic E-state index is 5.81. The molecule has 3 heteroatoms. The summed E-state index contributed by atoms with van der Waals surface area (Å²) in [5.41, 5.74) is 1.10. The largest absolute Gasteiger partial charge is 0.329 e. The highest BCUT2D eigenvalue weighted by molar-refractivity contribution is 6.21. The number of alkyl halides is 1. The van der Waals surface area contributed by atoms with Gasteiger partial charge in [-0.25, -0.2) is 4.98 Å². The molecule has 0 bridgehead atoms. The van der Waals surface area contributed by atoms with Crippen molar-refractivity contribution in [1.29, 1.82) is 0 Å². The van der Waals surface area contributed by atoms with Crippen molar-refractivity contribution in [2.75, 3.05) is 0 Å². The standard InChI is InChI=1S/C10H15ClN2/c1-8(2)13-7-12-6-10(13)5-4-9(3)11/h4-9H,1-3H3/b5-4+. The molecule has 72 valence electrons. The van der Waals surface area contributed by atoms with Crippen LogP contribution in [0.5, 0.6) is 0 Å². The number of hydrogen-bond acceptors (Lipinski definition) is 1. The highest BCUT2D eigenvalue weighted by Gasteiger charge is 2.01. The summed E-state index contributed by atoms with van der Waals surface area (Å²) in [4.78, 5) is 4.09. The minimum atomic E-state index is 0.0653. The van der Waals surface area contributed by atoms with Gasteiger partial charge < -0.3 is 4.57 Å². The second-order valence-electron chi connectivity index (χ2n) is 3.36. The van der Waals surface area contributed by atoms with Gasteiger partial charge in [-0.05, 0) is 26.8 Å². The number of allylic oxidation sites excluding steroid dienone is 1. The van der Waals surface area contributed by atoms with Gasteiger partial charge in [0.05, 0.1) is 18.2 Å². The predicted molar refractivity (Wildman–Crippen MR) is 57.0 cm³/mol. The van der Waals surface area contributed by atoms with Crippen LogP contribution in [0.1, 0.15) is 32.5 Å². The first-order valence-electron chi connectivity index (χ1n) is 4.45. The molecule has 0 aliphatic heterocycles. The van der Waals surface area contributed by atoms with Crippen molar-refractivity contribution < 1.29 is 0 Å². The fourth-order valence-electron chi connectivity index (χ4n) is 1.11. The van der Waals surface area contributed by atoms with Crippen LogP contribution in [0.15, 0.2) is 18.6 Å². The molecule has 13 heavy (non-hydrogen) atoms. The van der Waals surface area contributed by atoms with Crippen LogP contribution in [0.2, 0.25) is 0 Å². The Hall–Kier alpha value is -0.760. The molecule has 0 amide bonds. The van der Waals surface area contributed by atoms with Crippen LogP contribution in [0, 0.1) is 0 Å².